The lowest BCUT2D eigenvalue weighted by atomic mass is 9.90. The number of rotatable bonds is 9. The van der Waals surface area contributed by atoms with E-state index < -0.39 is 58.6 Å². The third-order valence-corrected chi connectivity index (χ3v) is 9.57. The van der Waals surface area contributed by atoms with Crippen molar-refractivity contribution >= 4 is 17.5 Å². The molecule has 12 nitrogen and oxygen atoms in total. The van der Waals surface area contributed by atoms with Gasteiger partial charge < -0.3 is 19.9 Å². The van der Waals surface area contributed by atoms with Gasteiger partial charge in [-0.1, -0.05) is 6.07 Å². The molecule has 2 N–H and O–H groups in total. The molecule has 3 aromatic rings. The van der Waals surface area contributed by atoms with Crippen LogP contribution in [0.25, 0.3) is 11.3 Å². The molecule has 0 aliphatic carbocycles. The largest absolute Gasteiger partial charge is 0.509 e. The highest BCUT2D eigenvalue weighted by Gasteiger charge is 2.53. The van der Waals surface area contributed by atoms with Crippen LogP contribution in [0.2, 0.25) is 0 Å². The van der Waals surface area contributed by atoms with Crippen molar-refractivity contribution in [1.29, 1.82) is 5.26 Å². The number of morpholine rings is 1. The van der Waals surface area contributed by atoms with Crippen LogP contribution in [-0.4, -0.2) is 93.3 Å². The van der Waals surface area contributed by atoms with Crippen LogP contribution in [0.1, 0.15) is 42.1 Å². The first kappa shape index (κ1) is 36.6. The zero-order valence-electron chi connectivity index (χ0n) is 28.2. The highest BCUT2D eigenvalue weighted by molar-refractivity contribution is 6.24. The van der Waals surface area contributed by atoms with Gasteiger partial charge in [-0.3, -0.25) is 19.5 Å². The average molecular weight is 728 g/mol. The second-order valence-corrected chi connectivity index (χ2v) is 12.8. The molecule has 4 heterocycles. The van der Waals surface area contributed by atoms with Crippen molar-refractivity contribution in [3.63, 3.8) is 0 Å². The molecule has 0 bridgehead atoms. The van der Waals surface area contributed by atoms with Crippen molar-refractivity contribution in [1.82, 2.24) is 24.9 Å². The van der Waals surface area contributed by atoms with Crippen LogP contribution in [-0.2, 0) is 27.0 Å². The summed E-state index contributed by atoms with van der Waals surface area (Å²) in [6, 6.07) is 6.79. The minimum Gasteiger partial charge on any atom is -0.509 e. The van der Waals surface area contributed by atoms with E-state index in [1.54, 1.807) is 6.92 Å². The topological polar surface area (TPSA) is 144 Å². The number of hydrogen-bond acceptors (Lipinski definition) is 10. The number of nitrogens with one attached hydrogen (secondary N) is 1. The quantitative estimate of drug-likeness (QED) is 0.231. The number of hydrazine groups is 1. The molecule has 17 heteroatoms. The van der Waals surface area contributed by atoms with E-state index in [1.807, 2.05) is 6.07 Å². The van der Waals surface area contributed by atoms with E-state index in [2.05, 4.69) is 20.2 Å². The first-order chi connectivity index (χ1) is 24.7. The Balaban J connectivity index is 1.29. The summed E-state index contributed by atoms with van der Waals surface area (Å²) in [7, 11) is 0. The number of amides is 2. The summed E-state index contributed by atoms with van der Waals surface area (Å²) in [6.45, 7) is 5.85. The Morgan fingerprint density at radius 3 is 2.60 bits per heavy atom. The fourth-order valence-electron chi connectivity index (χ4n) is 6.67. The van der Waals surface area contributed by atoms with Gasteiger partial charge in [-0.25, -0.2) is 19.4 Å². The van der Waals surface area contributed by atoms with Gasteiger partial charge in [-0.2, -0.15) is 22.8 Å². The van der Waals surface area contributed by atoms with Crippen LogP contribution in [0, 0.1) is 29.9 Å². The third-order valence-electron chi connectivity index (χ3n) is 9.57. The van der Waals surface area contributed by atoms with E-state index in [-0.39, 0.29) is 59.1 Å². The molecule has 0 radical (unpaired) electrons. The van der Waals surface area contributed by atoms with Gasteiger partial charge in [0.1, 0.15) is 36.0 Å². The third kappa shape index (κ3) is 6.88. The molecule has 2 aromatic carbocycles. The summed E-state index contributed by atoms with van der Waals surface area (Å²) in [5, 5.41) is 25.9. The number of fused-ring (bicyclic) bond motifs is 1. The number of alkyl halides is 3. The maximum absolute atomic E-state index is 15.5. The predicted octanol–water partition coefficient (Wildman–Crippen LogP) is 4.89. The fourth-order valence-corrected chi connectivity index (χ4v) is 6.67. The van der Waals surface area contributed by atoms with Crippen molar-refractivity contribution in [2.24, 2.45) is 0 Å². The van der Waals surface area contributed by atoms with Crippen LogP contribution in [0.4, 0.5) is 27.6 Å². The van der Waals surface area contributed by atoms with Crippen molar-refractivity contribution in [3.05, 3.63) is 82.0 Å². The summed E-state index contributed by atoms with van der Waals surface area (Å²) in [5.74, 6) is -5.61. The van der Waals surface area contributed by atoms with E-state index >= 15 is 8.78 Å². The molecule has 52 heavy (non-hydrogen) atoms. The Hall–Kier alpha value is -5.18. The maximum atomic E-state index is 15.5. The minimum absolute atomic E-state index is 0.0808. The summed E-state index contributed by atoms with van der Waals surface area (Å²) >= 11 is 0. The van der Waals surface area contributed by atoms with Crippen molar-refractivity contribution in [2.45, 2.75) is 44.9 Å². The van der Waals surface area contributed by atoms with Crippen LogP contribution in [0.5, 0.6) is 5.75 Å². The number of anilines is 1. The van der Waals surface area contributed by atoms with E-state index in [1.165, 1.54) is 24.1 Å². The predicted molar refractivity (Wildman–Crippen MR) is 174 cm³/mol. The van der Waals surface area contributed by atoms with E-state index in [0.29, 0.717) is 39.3 Å². The average Bonchev–Trinajstić information content (AvgIpc) is 3.52. The SMILES string of the molecule is Cc1c(C#N)ncnc1-c1cc(C(F)(F)F)ccc1NC(=O)C1=C(O)C2(C)CCCN2N(Cc2ccc(OCCN3CCOCC3)c(F)c2F)C1=O. The first-order valence-corrected chi connectivity index (χ1v) is 16.4. The van der Waals surface area contributed by atoms with Gasteiger partial charge in [-0.05, 0) is 51.0 Å². The highest BCUT2D eigenvalue weighted by Crippen LogP contribution is 2.43. The highest BCUT2D eigenvalue weighted by atomic mass is 19.4. The van der Waals surface area contributed by atoms with E-state index in [4.69, 9.17) is 9.47 Å². The maximum Gasteiger partial charge on any atom is 0.416 e. The van der Waals surface area contributed by atoms with Gasteiger partial charge in [0.2, 0.25) is 5.82 Å². The number of benzene rings is 2. The summed E-state index contributed by atoms with van der Waals surface area (Å²) < 4.78 is 82.9. The molecule has 2 fully saturated rings. The van der Waals surface area contributed by atoms with E-state index in [0.717, 1.165) is 29.5 Å². The van der Waals surface area contributed by atoms with Crippen molar-refractivity contribution in [3.8, 4) is 23.1 Å². The number of carbonyl (C=O) groups is 2. The van der Waals surface area contributed by atoms with Crippen LogP contribution in [0.15, 0.2) is 48.0 Å². The number of ether oxygens (including phenoxy) is 2. The minimum atomic E-state index is -4.78. The van der Waals surface area contributed by atoms with Gasteiger partial charge >= 0.3 is 6.18 Å². The number of nitriles is 1. The van der Waals surface area contributed by atoms with Crippen molar-refractivity contribution < 1.29 is 46.1 Å². The lowest BCUT2D eigenvalue weighted by Gasteiger charge is -2.46. The Morgan fingerprint density at radius 2 is 1.88 bits per heavy atom. The van der Waals surface area contributed by atoms with Gasteiger partial charge in [-0.15, -0.1) is 0 Å². The standard InChI is InChI=1S/C35H34F5N7O5/c1-20-25(17-41)42-19-43-30(20)23-16-22(35(38,39)40)5-6-24(23)44-32(49)27-31(48)34(2)8-3-9-47(34)46(33(27)50)18-21-4-7-26(29(37)28(21)36)52-15-12-45-10-13-51-14-11-45/h4-7,16,19,48H,3,8-15,18H2,1-2H3,(H,44,49). The van der Waals surface area contributed by atoms with Gasteiger partial charge in [0.25, 0.3) is 11.8 Å². The number of aromatic nitrogens is 2. The van der Waals surface area contributed by atoms with E-state index in [9.17, 15) is 33.1 Å². The van der Waals surface area contributed by atoms with Crippen LogP contribution < -0.4 is 10.1 Å². The fraction of sp³-hybridized carbons (Fsp3) is 0.400. The van der Waals surface area contributed by atoms with Crippen LogP contribution >= 0.6 is 0 Å². The molecule has 0 spiro atoms. The molecular formula is C35H34F5N7O5. The summed E-state index contributed by atoms with van der Waals surface area (Å²) in [4.78, 5) is 37.9. The molecular weight excluding hydrogens is 693 g/mol. The zero-order chi connectivity index (χ0) is 37.4. The number of aliphatic hydroxyl groups excluding tert-OH is 1. The normalized spacial score (nSPS) is 19.8. The monoisotopic (exact) mass is 727 g/mol. The van der Waals surface area contributed by atoms with Gasteiger partial charge in [0.05, 0.1) is 42.2 Å². The smallest absolute Gasteiger partial charge is 0.416 e. The molecule has 1 aromatic heterocycles. The molecule has 6 rings (SSSR count). The number of nitrogens with zero attached hydrogens (tertiary/aromatic N) is 6. The Labute approximate surface area is 295 Å². The Bertz CT molecular complexity index is 1980. The molecule has 3 aliphatic rings. The van der Waals surface area contributed by atoms with Crippen molar-refractivity contribution in [2.75, 3.05) is 51.3 Å². The molecule has 274 valence electrons. The van der Waals surface area contributed by atoms with Gasteiger partial charge in [0.15, 0.2) is 11.6 Å². The number of aliphatic hydroxyl groups is 1. The summed E-state index contributed by atoms with van der Waals surface area (Å²) in [5.41, 5.74) is -3.81. The number of halogens is 5. The molecule has 0 saturated carbocycles. The number of carbonyl (C=O) groups excluding carboxylic acids is 2. The number of hydrogen-bond donors (Lipinski definition) is 2. The molecule has 2 saturated heterocycles. The second-order valence-electron chi connectivity index (χ2n) is 12.8. The second kappa shape index (κ2) is 14.4. The lowest BCUT2D eigenvalue weighted by molar-refractivity contribution is -0.160. The lowest BCUT2D eigenvalue weighted by Crippen LogP contribution is -2.60. The van der Waals surface area contributed by atoms with Gasteiger partial charge in [0, 0.05) is 42.9 Å². The Morgan fingerprint density at radius 1 is 1.13 bits per heavy atom. The molecule has 3 aliphatic heterocycles. The molecule has 1 unspecified atom stereocenters. The first-order valence-electron chi connectivity index (χ1n) is 16.4. The Kier molecular flexibility index (Phi) is 10.2. The van der Waals surface area contributed by atoms with Crippen LogP contribution in [0.3, 0.4) is 0 Å². The summed E-state index contributed by atoms with van der Waals surface area (Å²) in [6.07, 6.45) is -3.03. The molecule has 1 atom stereocenters. The zero-order valence-corrected chi connectivity index (χ0v) is 28.2. The molecule has 2 amide bonds.